The van der Waals surface area contributed by atoms with Crippen molar-refractivity contribution in [2.45, 2.75) is 6.92 Å². The largest absolute Gasteiger partial charge is 0.234 e. The topological polar surface area (TPSA) is 46.2 Å². The van der Waals surface area contributed by atoms with Crippen LogP contribution in [-0.2, 0) is 10.0 Å². The Hall–Kier alpha value is -1.10. The third-order valence-corrected chi connectivity index (χ3v) is 3.18. The van der Waals surface area contributed by atoms with E-state index < -0.39 is 10.0 Å². The Labute approximate surface area is 107 Å². The molecule has 0 heterocycles. The summed E-state index contributed by atoms with van der Waals surface area (Å²) >= 11 is 5.72. The molecule has 0 unspecified atom stereocenters. The fourth-order valence-corrected chi connectivity index (χ4v) is 2.02. The van der Waals surface area contributed by atoms with Crippen molar-refractivity contribution in [3.8, 4) is 0 Å². The summed E-state index contributed by atoms with van der Waals surface area (Å²) in [5.74, 6) is 0. The van der Waals surface area contributed by atoms with Crippen molar-refractivity contribution in [2.24, 2.45) is 0 Å². The van der Waals surface area contributed by atoms with E-state index in [1.807, 2.05) is 0 Å². The van der Waals surface area contributed by atoms with Gasteiger partial charge in [0.25, 0.3) is 0 Å². The van der Waals surface area contributed by atoms with Gasteiger partial charge in [-0.1, -0.05) is 35.9 Å². The molecule has 0 bridgehead atoms. The van der Waals surface area contributed by atoms with Gasteiger partial charge in [0.05, 0.1) is 0 Å². The average molecular weight is 272 g/mol. The summed E-state index contributed by atoms with van der Waals surface area (Å²) in [7, 11) is -3.41. The molecule has 0 amide bonds. The first kappa shape index (κ1) is 14.0. The standard InChI is InChI=1S/C12H14ClNO2S/c1-10(2)9-14-17(15,16)8-7-11-3-5-12(13)6-4-11/h3-8,14H,1,9H2,2H3/b8-7+. The minimum atomic E-state index is -3.41. The number of rotatable bonds is 5. The summed E-state index contributed by atoms with van der Waals surface area (Å²) in [5, 5.41) is 1.74. The van der Waals surface area contributed by atoms with Crippen LogP contribution in [-0.4, -0.2) is 15.0 Å². The van der Waals surface area contributed by atoms with Gasteiger partial charge in [0.1, 0.15) is 0 Å². The molecule has 0 saturated carbocycles. The van der Waals surface area contributed by atoms with Crippen LogP contribution in [0, 0.1) is 0 Å². The summed E-state index contributed by atoms with van der Waals surface area (Å²) in [6.07, 6.45) is 1.51. The van der Waals surface area contributed by atoms with Crippen LogP contribution in [0.15, 0.2) is 41.8 Å². The van der Waals surface area contributed by atoms with Crippen LogP contribution in [0.3, 0.4) is 0 Å². The summed E-state index contributed by atoms with van der Waals surface area (Å²) < 4.78 is 25.4. The maximum atomic E-state index is 11.5. The molecule has 3 nitrogen and oxygen atoms in total. The lowest BCUT2D eigenvalue weighted by molar-refractivity contribution is 0.594. The van der Waals surface area contributed by atoms with Gasteiger partial charge in [0.2, 0.25) is 10.0 Å². The van der Waals surface area contributed by atoms with Gasteiger partial charge in [-0.25, -0.2) is 13.1 Å². The molecule has 0 aliphatic rings. The Morgan fingerprint density at radius 2 is 2.00 bits per heavy atom. The highest BCUT2D eigenvalue weighted by atomic mass is 35.5. The summed E-state index contributed by atoms with van der Waals surface area (Å²) in [5.41, 5.74) is 1.53. The second kappa shape index (κ2) is 6.00. The van der Waals surface area contributed by atoms with Crippen LogP contribution in [0.25, 0.3) is 6.08 Å². The molecule has 17 heavy (non-hydrogen) atoms. The van der Waals surface area contributed by atoms with Gasteiger partial charge in [-0.2, -0.15) is 0 Å². The van der Waals surface area contributed by atoms with Gasteiger partial charge in [0.15, 0.2) is 0 Å². The first-order valence-electron chi connectivity index (χ1n) is 4.97. The monoisotopic (exact) mass is 271 g/mol. The third kappa shape index (κ3) is 5.68. The van der Waals surface area contributed by atoms with Crippen molar-refractivity contribution < 1.29 is 8.42 Å². The zero-order valence-electron chi connectivity index (χ0n) is 9.48. The van der Waals surface area contributed by atoms with Gasteiger partial charge in [-0.05, 0) is 30.7 Å². The number of nitrogens with one attached hydrogen (secondary N) is 1. The maximum Gasteiger partial charge on any atom is 0.234 e. The molecular weight excluding hydrogens is 258 g/mol. The summed E-state index contributed by atoms with van der Waals surface area (Å²) in [6, 6.07) is 6.89. The molecule has 1 rings (SSSR count). The zero-order chi connectivity index (χ0) is 12.9. The minimum Gasteiger partial charge on any atom is -0.208 e. The Morgan fingerprint density at radius 3 is 2.53 bits per heavy atom. The lowest BCUT2D eigenvalue weighted by Gasteiger charge is -2.01. The van der Waals surface area contributed by atoms with Crippen LogP contribution in [0.5, 0.6) is 0 Å². The highest BCUT2D eigenvalue weighted by Crippen LogP contribution is 2.11. The Morgan fingerprint density at radius 1 is 1.41 bits per heavy atom. The second-order valence-corrected chi connectivity index (χ2v) is 5.76. The van der Waals surface area contributed by atoms with Gasteiger partial charge >= 0.3 is 0 Å². The first-order chi connectivity index (χ1) is 7.89. The van der Waals surface area contributed by atoms with E-state index in [1.165, 1.54) is 6.08 Å². The van der Waals surface area contributed by atoms with Gasteiger partial charge in [0, 0.05) is 17.0 Å². The summed E-state index contributed by atoms with van der Waals surface area (Å²) in [6.45, 7) is 5.62. The van der Waals surface area contributed by atoms with E-state index in [0.717, 1.165) is 16.5 Å². The first-order valence-corrected chi connectivity index (χ1v) is 6.89. The average Bonchev–Trinajstić information content (AvgIpc) is 2.26. The smallest absolute Gasteiger partial charge is 0.208 e. The molecule has 0 aliphatic heterocycles. The quantitative estimate of drug-likeness (QED) is 0.837. The lowest BCUT2D eigenvalue weighted by Crippen LogP contribution is -2.22. The molecule has 0 fully saturated rings. The molecule has 0 aromatic heterocycles. The molecule has 1 aromatic rings. The van der Waals surface area contributed by atoms with E-state index in [4.69, 9.17) is 11.6 Å². The summed E-state index contributed by atoms with van der Waals surface area (Å²) in [4.78, 5) is 0. The van der Waals surface area contributed by atoms with Gasteiger partial charge in [-0.3, -0.25) is 0 Å². The van der Waals surface area contributed by atoms with Crippen molar-refractivity contribution in [3.63, 3.8) is 0 Å². The Balaban J connectivity index is 2.70. The number of sulfonamides is 1. The molecule has 0 saturated heterocycles. The normalized spacial score (nSPS) is 11.9. The highest BCUT2D eigenvalue weighted by Gasteiger charge is 2.03. The predicted octanol–water partition coefficient (Wildman–Crippen LogP) is 2.81. The predicted molar refractivity (Wildman–Crippen MR) is 72.2 cm³/mol. The highest BCUT2D eigenvalue weighted by molar-refractivity contribution is 7.92. The van der Waals surface area contributed by atoms with Crippen molar-refractivity contribution in [1.29, 1.82) is 0 Å². The lowest BCUT2D eigenvalue weighted by atomic mass is 10.2. The van der Waals surface area contributed by atoms with Crippen LogP contribution < -0.4 is 4.72 Å². The van der Waals surface area contributed by atoms with E-state index in [0.29, 0.717) is 5.02 Å². The molecule has 5 heteroatoms. The van der Waals surface area contributed by atoms with E-state index in [1.54, 1.807) is 31.2 Å². The van der Waals surface area contributed by atoms with E-state index in [2.05, 4.69) is 11.3 Å². The zero-order valence-corrected chi connectivity index (χ0v) is 11.1. The van der Waals surface area contributed by atoms with Crippen LogP contribution in [0.2, 0.25) is 5.02 Å². The van der Waals surface area contributed by atoms with E-state index in [9.17, 15) is 8.42 Å². The molecule has 0 spiro atoms. The fraction of sp³-hybridized carbons (Fsp3) is 0.167. The number of halogens is 1. The number of hydrogen-bond donors (Lipinski definition) is 1. The number of hydrogen-bond acceptors (Lipinski definition) is 2. The molecule has 0 atom stereocenters. The second-order valence-electron chi connectivity index (χ2n) is 3.68. The van der Waals surface area contributed by atoms with Crippen molar-refractivity contribution in [1.82, 2.24) is 4.72 Å². The fourth-order valence-electron chi connectivity index (χ4n) is 1.01. The third-order valence-electron chi connectivity index (χ3n) is 1.88. The van der Waals surface area contributed by atoms with Crippen LogP contribution >= 0.6 is 11.6 Å². The maximum absolute atomic E-state index is 11.5. The van der Waals surface area contributed by atoms with Crippen molar-refractivity contribution >= 4 is 27.7 Å². The molecule has 92 valence electrons. The Bertz CT molecular complexity index is 518. The minimum absolute atomic E-state index is 0.243. The van der Waals surface area contributed by atoms with E-state index >= 15 is 0 Å². The Kier molecular flexibility index (Phi) is 4.93. The van der Waals surface area contributed by atoms with Crippen molar-refractivity contribution in [2.75, 3.05) is 6.54 Å². The van der Waals surface area contributed by atoms with Gasteiger partial charge < -0.3 is 0 Å². The van der Waals surface area contributed by atoms with Crippen LogP contribution in [0.4, 0.5) is 0 Å². The SMILES string of the molecule is C=C(C)CNS(=O)(=O)/C=C/c1ccc(Cl)cc1. The molecular formula is C12H14ClNO2S. The molecule has 1 aromatic carbocycles. The van der Waals surface area contributed by atoms with Crippen LogP contribution in [0.1, 0.15) is 12.5 Å². The van der Waals surface area contributed by atoms with Gasteiger partial charge in [-0.15, -0.1) is 0 Å². The molecule has 0 aliphatic carbocycles. The molecule has 1 N–H and O–H groups in total. The number of benzene rings is 1. The molecule has 0 radical (unpaired) electrons. The van der Waals surface area contributed by atoms with Crippen molar-refractivity contribution in [3.05, 3.63) is 52.4 Å². The van der Waals surface area contributed by atoms with E-state index in [-0.39, 0.29) is 6.54 Å².